The molecular formula is C16H16N2O3. The second kappa shape index (κ2) is 7.88. The third-order valence-electron chi connectivity index (χ3n) is 2.81. The van der Waals surface area contributed by atoms with Crippen molar-refractivity contribution >= 4 is 11.6 Å². The van der Waals surface area contributed by atoms with Crippen LogP contribution in [0.5, 0.6) is 0 Å². The predicted octanol–water partition coefficient (Wildman–Crippen LogP) is 3.09. The molecule has 5 heteroatoms. The second-order valence-electron chi connectivity index (χ2n) is 4.47. The first-order valence-corrected chi connectivity index (χ1v) is 6.68. The summed E-state index contributed by atoms with van der Waals surface area (Å²) in [4.78, 5) is 11.7. The zero-order chi connectivity index (χ0) is 14.9. The molecule has 0 saturated carbocycles. The SMILES string of the molecule is N#Cc1ccc(NC(=O)CCCOCc2ccco2)cc1. The van der Waals surface area contributed by atoms with E-state index in [0.29, 0.717) is 37.3 Å². The smallest absolute Gasteiger partial charge is 0.224 e. The Morgan fingerprint density at radius 1 is 1.29 bits per heavy atom. The van der Waals surface area contributed by atoms with Gasteiger partial charge in [-0.2, -0.15) is 5.26 Å². The highest BCUT2D eigenvalue weighted by Gasteiger charge is 2.03. The molecule has 1 heterocycles. The molecule has 0 spiro atoms. The number of anilines is 1. The molecule has 1 amide bonds. The largest absolute Gasteiger partial charge is 0.467 e. The van der Waals surface area contributed by atoms with Crippen LogP contribution in [0.1, 0.15) is 24.2 Å². The van der Waals surface area contributed by atoms with Crippen LogP contribution in [0.25, 0.3) is 0 Å². The number of hydrogen-bond acceptors (Lipinski definition) is 4. The number of nitrogens with one attached hydrogen (secondary N) is 1. The van der Waals surface area contributed by atoms with Gasteiger partial charge >= 0.3 is 0 Å². The van der Waals surface area contributed by atoms with Gasteiger partial charge in [0.1, 0.15) is 12.4 Å². The first-order valence-electron chi connectivity index (χ1n) is 6.68. The monoisotopic (exact) mass is 284 g/mol. The summed E-state index contributed by atoms with van der Waals surface area (Å²) in [6.45, 7) is 0.922. The Balaban J connectivity index is 1.62. The van der Waals surface area contributed by atoms with E-state index in [1.807, 2.05) is 18.2 Å². The highest BCUT2D eigenvalue weighted by Crippen LogP contribution is 2.09. The van der Waals surface area contributed by atoms with E-state index in [4.69, 9.17) is 14.4 Å². The van der Waals surface area contributed by atoms with E-state index >= 15 is 0 Å². The standard InChI is InChI=1S/C16H16N2O3/c17-11-13-5-7-14(8-6-13)18-16(19)4-2-9-20-12-15-3-1-10-21-15/h1,3,5-8,10H,2,4,9,12H2,(H,18,19). The van der Waals surface area contributed by atoms with Crippen molar-refractivity contribution in [2.45, 2.75) is 19.4 Å². The second-order valence-corrected chi connectivity index (χ2v) is 4.47. The number of rotatable bonds is 7. The number of furan rings is 1. The average molecular weight is 284 g/mol. The van der Waals surface area contributed by atoms with E-state index < -0.39 is 0 Å². The topological polar surface area (TPSA) is 75.3 Å². The van der Waals surface area contributed by atoms with Gasteiger partial charge in [-0.15, -0.1) is 0 Å². The third kappa shape index (κ3) is 5.13. The van der Waals surface area contributed by atoms with Crippen molar-refractivity contribution in [2.75, 3.05) is 11.9 Å². The van der Waals surface area contributed by atoms with Crippen LogP contribution in [0.3, 0.4) is 0 Å². The Morgan fingerprint density at radius 2 is 2.10 bits per heavy atom. The summed E-state index contributed by atoms with van der Waals surface area (Å²) in [5.41, 5.74) is 1.26. The van der Waals surface area contributed by atoms with Gasteiger partial charge in [-0.25, -0.2) is 0 Å². The molecular weight excluding hydrogens is 268 g/mol. The Morgan fingerprint density at radius 3 is 2.76 bits per heavy atom. The van der Waals surface area contributed by atoms with E-state index in [1.54, 1.807) is 30.5 Å². The third-order valence-corrected chi connectivity index (χ3v) is 2.81. The maximum Gasteiger partial charge on any atom is 0.224 e. The van der Waals surface area contributed by atoms with Crippen LogP contribution >= 0.6 is 0 Å². The summed E-state index contributed by atoms with van der Waals surface area (Å²) in [6.07, 6.45) is 2.63. The first-order chi connectivity index (χ1) is 10.3. The number of carbonyl (C=O) groups is 1. The van der Waals surface area contributed by atoms with Crippen molar-refractivity contribution < 1.29 is 13.9 Å². The Hall–Kier alpha value is -2.58. The van der Waals surface area contributed by atoms with Gasteiger partial charge < -0.3 is 14.5 Å². The summed E-state index contributed by atoms with van der Waals surface area (Å²) in [5.74, 6) is 0.707. The summed E-state index contributed by atoms with van der Waals surface area (Å²) in [5, 5.41) is 11.5. The fourth-order valence-electron chi connectivity index (χ4n) is 1.75. The molecule has 5 nitrogen and oxygen atoms in total. The number of nitriles is 1. The molecule has 2 rings (SSSR count). The van der Waals surface area contributed by atoms with Crippen molar-refractivity contribution in [2.24, 2.45) is 0 Å². The van der Waals surface area contributed by atoms with Gasteiger partial charge in [0, 0.05) is 18.7 Å². The quantitative estimate of drug-likeness (QED) is 0.793. The van der Waals surface area contributed by atoms with Gasteiger partial charge in [0.25, 0.3) is 0 Å². The lowest BCUT2D eigenvalue weighted by Crippen LogP contribution is -2.12. The van der Waals surface area contributed by atoms with Crippen LogP contribution in [0.2, 0.25) is 0 Å². The van der Waals surface area contributed by atoms with Crippen molar-refractivity contribution in [1.82, 2.24) is 0 Å². The summed E-state index contributed by atoms with van der Waals surface area (Å²) in [6, 6.07) is 12.4. The molecule has 108 valence electrons. The zero-order valence-electron chi connectivity index (χ0n) is 11.5. The molecule has 2 aromatic rings. The molecule has 0 aliphatic carbocycles. The molecule has 1 N–H and O–H groups in total. The number of benzene rings is 1. The van der Waals surface area contributed by atoms with Crippen LogP contribution in [-0.2, 0) is 16.1 Å². The molecule has 0 aliphatic heterocycles. The fraction of sp³-hybridized carbons (Fsp3) is 0.250. The van der Waals surface area contributed by atoms with Crippen LogP contribution in [0, 0.1) is 11.3 Å². The van der Waals surface area contributed by atoms with E-state index in [9.17, 15) is 4.79 Å². The Bertz CT molecular complexity index is 597. The van der Waals surface area contributed by atoms with Gasteiger partial charge in [-0.1, -0.05) is 0 Å². The molecule has 0 fully saturated rings. The lowest BCUT2D eigenvalue weighted by atomic mass is 10.2. The molecule has 0 radical (unpaired) electrons. The van der Waals surface area contributed by atoms with E-state index in [0.717, 1.165) is 5.76 Å². The molecule has 0 aliphatic rings. The first kappa shape index (κ1) is 14.8. The van der Waals surface area contributed by atoms with Crippen LogP contribution < -0.4 is 5.32 Å². The minimum atomic E-state index is -0.0682. The van der Waals surface area contributed by atoms with Gasteiger partial charge in [0.05, 0.1) is 17.9 Å². The summed E-state index contributed by atoms with van der Waals surface area (Å²) >= 11 is 0. The molecule has 0 saturated heterocycles. The average Bonchev–Trinajstić information content (AvgIpc) is 3.01. The van der Waals surface area contributed by atoms with E-state index in [1.165, 1.54) is 0 Å². The minimum absolute atomic E-state index is 0.0682. The Kier molecular flexibility index (Phi) is 5.56. The number of carbonyl (C=O) groups excluding carboxylic acids is 1. The van der Waals surface area contributed by atoms with Crippen LogP contribution in [-0.4, -0.2) is 12.5 Å². The van der Waals surface area contributed by atoms with Crippen molar-refractivity contribution in [3.63, 3.8) is 0 Å². The Labute approximate surface area is 123 Å². The molecule has 21 heavy (non-hydrogen) atoms. The van der Waals surface area contributed by atoms with E-state index in [-0.39, 0.29) is 5.91 Å². The summed E-state index contributed by atoms with van der Waals surface area (Å²) < 4.78 is 10.5. The van der Waals surface area contributed by atoms with Gasteiger partial charge in [0.2, 0.25) is 5.91 Å². The lowest BCUT2D eigenvalue weighted by molar-refractivity contribution is -0.116. The molecule has 1 aromatic heterocycles. The maximum atomic E-state index is 11.7. The number of ether oxygens (including phenoxy) is 1. The predicted molar refractivity (Wildman–Crippen MR) is 77.4 cm³/mol. The fourth-order valence-corrected chi connectivity index (χ4v) is 1.75. The molecule has 0 atom stereocenters. The van der Waals surface area contributed by atoms with Gasteiger partial charge in [0.15, 0.2) is 0 Å². The maximum absolute atomic E-state index is 11.7. The lowest BCUT2D eigenvalue weighted by Gasteiger charge is -2.05. The van der Waals surface area contributed by atoms with Crippen LogP contribution in [0.4, 0.5) is 5.69 Å². The van der Waals surface area contributed by atoms with Crippen molar-refractivity contribution in [1.29, 1.82) is 5.26 Å². The molecule has 1 aromatic carbocycles. The number of nitrogens with zero attached hydrogens (tertiary/aromatic N) is 1. The van der Waals surface area contributed by atoms with Gasteiger partial charge in [-0.3, -0.25) is 4.79 Å². The van der Waals surface area contributed by atoms with Crippen LogP contribution in [0.15, 0.2) is 47.1 Å². The normalized spacial score (nSPS) is 10.0. The van der Waals surface area contributed by atoms with Gasteiger partial charge in [-0.05, 0) is 42.8 Å². The molecule has 0 unspecified atom stereocenters. The zero-order valence-corrected chi connectivity index (χ0v) is 11.5. The number of hydrogen-bond donors (Lipinski definition) is 1. The van der Waals surface area contributed by atoms with Crippen molar-refractivity contribution in [3.8, 4) is 6.07 Å². The highest BCUT2D eigenvalue weighted by atomic mass is 16.5. The summed E-state index contributed by atoms with van der Waals surface area (Å²) in [7, 11) is 0. The molecule has 0 bridgehead atoms. The van der Waals surface area contributed by atoms with E-state index in [2.05, 4.69) is 5.32 Å². The minimum Gasteiger partial charge on any atom is -0.467 e. The number of amides is 1. The highest BCUT2D eigenvalue weighted by molar-refractivity contribution is 5.90. The van der Waals surface area contributed by atoms with Crippen molar-refractivity contribution in [3.05, 3.63) is 54.0 Å².